The van der Waals surface area contributed by atoms with Crippen molar-refractivity contribution in [1.82, 2.24) is 14.9 Å². The number of aromatic amines is 1. The van der Waals surface area contributed by atoms with Gasteiger partial charge in [0.05, 0.1) is 34.3 Å². The fourth-order valence-corrected chi connectivity index (χ4v) is 5.26. The zero-order valence-electron chi connectivity index (χ0n) is 19.8. The number of fused-ring (bicyclic) bond motifs is 3. The van der Waals surface area contributed by atoms with Crippen molar-refractivity contribution in [1.29, 1.82) is 0 Å². The molecule has 1 N–H and O–H groups in total. The van der Waals surface area contributed by atoms with Crippen LogP contribution in [0.1, 0.15) is 13.3 Å². The Morgan fingerprint density at radius 2 is 2.03 bits per heavy atom. The summed E-state index contributed by atoms with van der Waals surface area (Å²) in [5.41, 5.74) is 2.85. The van der Waals surface area contributed by atoms with Crippen molar-refractivity contribution >= 4 is 43.4 Å². The molecule has 0 aliphatic heterocycles. The van der Waals surface area contributed by atoms with E-state index in [0.717, 1.165) is 21.9 Å². The average Bonchev–Trinajstić information content (AvgIpc) is 3.24. The van der Waals surface area contributed by atoms with E-state index in [2.05, 4.69) is 16.9 Å². The van der Waals surface area contributed by atoms with Gasteiger partial charge in [0, 0.05) is 23.5 Å². The van der Waals surface area contributed by atoms with Crippen LogP contribution in [-0.4, -0.2) is 61.7 Å². The molecular formula is C26H27ClF2N3O3S. The largest absolute Gasteiger partial charge is 0.491 e. The monoisotopic (exact) mass is 534 g/mol. The van der Waals surface area contributed by atoms with E-state index < -0.39 is 16.3 Å². The quantitative estimate of drug-likeness (QED) is 0.239. The molecule has 0 aliphatic rings. The second-order valence-corrected chi connectivity index (χ2v) is 11.1. The van der Waals surface area contributed by atoms with Gasteiger partial charge >= 0.3 is 0 Å². The van der Waals surface area contributed by atoms with E-state index in [4.69, 9.17) is 16.3 Å². The summed E-state index contributed by atoms with van der Waals surface area (Å²) < 4.78 is 56.4. The first-order valence-electron chi connectivity index (χ1n) is 11.6. The number of hydrogen-bond acceptors (Lipinski definition) is 5. The molecule has 2 aromatic heterocycles. The Morgan fingerprint density at radius 1 is 1.22 bits per heavy atom. The van der Waals surface area contributed by atoms with Gasteiger partial charge in [0.1, 0.15) is 11.4 Å². The summed E-state index contributed by atoms with van der Waals surface area (Å²) in [6.07, 6.45) is -0.312. The van der Waals surface area contributed by atoms with Gasteiger partial charge < -0.3 is 9.72 Å². The van der Waals surface area contributed by atoms with Crippen LogP contribution in [0.2, 0.25) is 5.02 Å². The Labute approximate surface area is 214 Å². The molecule has 36 heavy (non-hydrogen) atoms. The first-order valence-corrected chi connectivity index (χ1v) is 13.6. The maximum Gasteiger partial charge on any atom is 0.251 e. The first-order chi connectivity index (χ1) is 17.2. The van der Waals surface area contributed by atoms with Crippen molar-refractivity contribution < 1.29 is 21.9 Å². The lowest BCUT2D eigenvalue weighted by molar-refractivity contribution is 0.0906. The molecule has 0 aliphatic carbocycles. The molecule has 0 spiro atoms. The van der Waals surface area contributed by atoms with Crippen LogP contribution in [0, 0.1) is 6.92 Å². The van der Waals surface area contributed by atoms with Crippen molar-refractivity contribution in [3.63, 3.8) is 0 Å². The third kappa shape index (κ3) is 5.63. The molecule has 0 fully saturated rings. The highest BCUT2D eigenvalue weighted by Crippen LogP contribution is 2.40. The lowest BCUT2D eigenvalue weighted by Crippen LogP contribution is -2.30. The Hall–Kier alpha value is -2.75. The van der Waals surface area contributed by atoms with Crippen molar-refractivity contribution in [3.05, 3.63) is 60.6 Å². The predicted octanol–water partition coefficient (Wildman–Crippen LogP) is 6.00. The van der Waals surface area contributed by atoms with Gasteiger partial charge in [-0.1, -0.05) is 30.7 Å². The highest BCUT2D eigenvalue weighted by atomic mass is 35.5. The molecule has 0 saturated heterocycles. The fourth-order valence-electron chi connectivity index (χ4n) is 4.18. The van der Waals surface area contributed by atoms with E-state index in [1.54, 1.807) is 42.3 Å². The van der Waals surface area contributed by atoms with Crippen molar-refractivity contribution in [2.75, 3.05) is 32.0 Å². The molecule has 191 valence electrons. The van der Waals surface area contributed by atoms with Crippen LogP contribution in [0.3, 0.4) is 0 Å². The molecule has 1 radical (unpaired) electrons. The zero-order valence-corrected chi connectivity index (χ0v) is 21.4. The maximum atomic E-state index is 12.7. The lowest BCUT2D eigenvalue weighted by Gasteiger charge is -2.19. The molecule has 0 amide bonds. The van der Waals surface area contributed by atoms with Crippen LogP contribution in [0.25, 0.3) is 33.1 Å². The zero-order chi connectivity index (χ0) is 25.9. The third-order valence-electron chi connectivity index (χ3n) is 6.01. The number of pyridine rings is 1. The highest BCUT2D eigenvalue weighted by molar-refractivity contribution is 7.91. The number of hydrogen-bond donors (Lipinski definition) is 1. The Balaban J connectivity index is 1.72. The Bertz CT molecular complexity index is 1470. The van der Waals surface area contributed by atoms with Gasteiger partial charge in [-0.25, -0.2) is 22.2 Å². The molecule has 4 aromatic rings. The standard InChI is InChI=1S/C26H27ClF2N3O3S/c1-3-32(16-23(28)29)11-6-12-35-22-10-9-20(17-7-5-8-19(13-17)36(33,34)4-2)24-21-14-18(27)15-30-26(21)31-25(22)24/h5,7-10,13-15,23H,1,3-4,6,11-12,16H2,2H3,(H,30,31). The molecular weight excluding hydrogens is 508 g/mol. The minimum absolute atomic E-state index is 0.00803. The normalized spacial score (nSPS) is 12.3. The fraction of sp³-hybridized carbons (Fsp3) is 0.308. The van der Waals surface area contributed by atoms with E-state index in [9.17, 15) is 17.2 Å². The molecule has 0 unspecified atom stereocenters. The molecule has 0 saturated carbocycles. The van der Waals surface area contributed by atoms with Crippen molar-refractivity contribution in [3.8, 4) is 16.9 Å². The van der Waals surface area contributed by atoms with E-state index >= 15 is 0 Å². The minimum Gasteiger partial charge on any atom is -0.491 e. The predicted molar refractivity (Wildman–Crippen MR) is 140 cm³/mol. The Morgan fingerprint density at radius 3 is 2.75 bits per heavy atom. The second-order valence-electron chi connectivity index (χ2n) is 8.36. The second kappa shape index (κ2) is 11.1. The van der Waals surface area contributed by atoms with Crippen molar-refractivity contribution in [2.45, 2.75) is 24.7 Å². The van der Waals surface area contributed by atoms with Crippen molar-refractivity contribution in [2.24, 2.45) is 0 Å². The lowest BCUT2D eigenvalue weighted by atomic mass is 9.99. The number of halogens is 3. The molecule has 2 heterocycles. The number of rotatable bonds is 11. The minimum atomic E-state index is -3.38. The smallest absolute Gasteiger partial charge is 0.251 e. The number of alkyl halides is 2. The van der Waals surface area contributed by atoms with E-state index in [1.165, 1.54) is 0 Å². The van der Waals surface area contributed by atoms with E-state index in [-0.39, 0.29) is 17.2 Å². The van der Waals surface area contributed by atoms with Gasteiger partial charge in [0.15, 0.2) is 9.84 Å². The highest BCUT2D eigenvalue weighted by Gasteiger charge is 2.18. The number of nitrogens with one attached hydrogen (secondary N) is 1. The SMILES string of the molecule is [CH2]CN(CCCOc1ccc(-c2cccc(S(=O)(=O)CC)c2)c2c1[nH]c1ncc(Cl)cc12)CC(F)F. The maximum absolute atomic E-state index is 12.7. The van der Waals surface area contributed by atoms with E-state index in [0.29, 0.717) is 48.1 Å². The number of sulfone groups is 1. The number of nitrogens with zero attached hydrogens (tertiary/aromatic N) is 2. The summed E-state index contributed by atoms with van der Waals surface area (Å²) >= 11 is 6.25. The number of aromatic nitrogens is 2. The van der Waals surface area contributed by atoms with Crippen LogP contribution >= 0.6 is 11.6 Å². The molecule has 4 rings (SSSR count). The summed E-state index contributed by atoms with van der Waals surface area (Å²) in [5, 5.41) is 2.05. The van der Waals surface area contributed by atoms with Gasteiger partial charge in [-0.05, 0) is 61.3 Å². The summed E-state index contributed by atoms with van der Waals surface area (Å²) in [7, 11) is -3.38. The molecule has 2 aromatic carbocycles. The number of H-pyrrole nitrogens is 1. The van der Waals surface area contributed by atoms with Crippen LogP contribution in [-0.2, 0) is 9.84 Å². The third-order valence-corrected chi connectivity index (χ3v) is 7.95. The summed E-state index contributed by atoms with van der Waals surface area (Å²) in [6, 6.07) is 12.3. The summed E-state index contributed by atoms with van der Waals surface area (Å²) in [6.45, 7) is 6.06. The number of benzene rings is 2. The van der Waals surface area contributed by atoms with Gasteiger partial charge in [-0.15, -0.1) is 0 Å². The van der Waals surface area contributed by atoms with Gasteiger partial charge in [0.25, 0.3) is 6.43 Å². The van der Waals surface area contributed by atoms with Crippen LogP contribution in [0.15, 0.2) is 53.6 Å². The summed E-state index contributed by atoms with van der Waals surface area (Å²) in [5.74, 6) is 0.587. The van der Waals surface area contributed by atoms with E-state index in [1.807, 2.05) is 18.2 Å². The average molecular weight is 535 g/mol. The van der Waals surface area contributed by atoms with Gasteiger partial charge in [-0.3, -0.25) is 4.90 Å². The molecule has 10 heteroatoms. The first kappa shape index (κ1) is 26.3. The topological polar surface area (TPSA) is 75.3 Å². The number of ether oxygens (including phenoxy) is 1. The Kier molecular flexibility index (Phi) is 8.12. The van der Waals surface area contributed by atoms with Gasteiger partial charge in [0.2, 0.25) is 0 Å². The van der Waals surface area contributed by atoms with Crippen LogP contribution < -0.4 is 4.74 Å². The molecule has 6 nitrogen and oxygen atoms in total. The van der Waals surface area contributed by atoms with Gasteiger partial charge in [-0.2, -0.15) is 0 Å². The summed E-state index contributed by atoms with van der Waals surface area (Å²) in [4.78, 5) is 9.53. The van der Waals surface area contributed by atoms with Crippen LogP contribution in [0.5, 0.6) is 5.75 Å². The van der Waals surface area contributed by atoms with Crippen LogP contribution in [0.4, 0.5) is 8.78 Å². The molecule has 0 atom stereocenters. The molecule has 0 bridgehead atoms.